The quantitative estimate of drug-likeness (QED) is 0.808. The second-order valence-electron chi connectivity index (χ2n) is 6.29. The Morgan fingerprint density at radius 1 is 1.22 bits per heavy atom. The molecule has 0 saturated carbocycles. The first-order chi connectivity index (χ1) is 11.0. The van der Waals surface area contributed by atoms with Crippen molar-refractivity contribution in [3.8, 4) is 0 Å². The molecule has 7 nitrogen and oxygen atoms in total. The van der Waals surface area contributed by atoms with Gasteiger partial charge in [0.25, 0.3) is 5.91 Å². The number of hydrogen-bond donors (Lipinski definition) is 0. The molecular weight excluding hydrogens is 316 g/mol. The van der Waals surface area contributed by atoms with Crippen molar-refractivity contribution in [3.63, 3.8) is 0 Å². The smallest absolute Gasteiger partial charge is 0.257 e. The lowest BCUT2D eigenvalue weighted by atomic mass is 10.1. The van der Waals surface area contributed by atoms with Crippen molar-refractivity contribution in [2.45, 2.75) is 31.7 Å². The first kappa shape index (κ1) is 16.2. The zero-order valence-corrected chi connectivity index (χ0v) is 14.1. The van der Waals surface area contributed by atoms with Crippen LogP contribution in [0.4, 0.5) is 5.95 Å². The Balaban J connectivity index is 1.67. The minimum Gasteiger partial charge on any atom is -0.341 e. The Labute approximate surface area is 136 Å². The van der Waals surface area contributed by atoms with Gasteiger partial charge in [-0.2, -0.15) is 0 Å². The second kappa shape index (κ2) is 6.43. The van der Waals surface area contributed by atoms with Gasteiger partial charge in [-0.1, -0.05) is 0 Å². The second-order valence-corrected chi connectivity index (χ2v) is 8.52. The Morgan fingerprint density at radius 2 is 1.87 bits per heavy atom. The Bertz CT molecular complexity index is 668. The minimum absolute atomic E-state index is 0.0436. The van der Waals surface area contributed by atoms with E-state index in [4.69, 9.17) is 0 Å². The van der Waals surface area contributed by atoms with Crippen molar-refractivity contribution in [1.82, 2.24) is 14.9 Å². The van der Waals surface area contributed by atoms with E-state index in [1.807, 2.05) is 0 Å². The van der Waals surface area contributed by atoms with Crippen LogP contribution in [0.5, 0.6) is 0 Å². The lowest BCUT2D eigenvalue weighted by molar-refractivity contribution is 0.0747. The molecule has 2 saturated heterocycles. The molecule has 126 valence electrons. The van der Waals surface area contributed by atoms with E-state index in [9.17, 15) is 13.2 Å². The molecule has 0 bridgehead atoms. The summed E-state index contributed by atoms with van der Waals surface area (Å²) < 4.78 is 23.1. The molecule has 2 aliphatic rings. The van der Waals surface area contributed by atoms with Gasteiger partial charge in [0, 0.05) is 38.6 Å². The molecule has 3 heterocycles. The largest absolute Gasteiger partial charge is 0.341 e. The van der Waals surface area contributed by atoms with Crippen molar-refractivity contribution in [2.24, 2.45) is 0 Å². The van der Waals surface area contributed by atoms with Gasteiger partial charge in [0.2, 0.25) is 5.95 Å². The third-order valence-corrected chi connectivity index (χ3v) is 6.35. The van der Waals surface area contributed by atoms with Crippen LogP contribution in [0.1, 0.15) is 36.0 Å². The van der Waals surface area contributed by atoms with E-state index in [0.29, 0.717) is 17.9 Å². The highest BCUT2D eigenvalue weighted by atomic mass is 32.2. The monoisotopic (exact) mass is 338 g/mol. The van der Waals surface area contributed by atoms with E-state index in [0.717, 1.165) is 25.9 Å². The molecule has 2 aliphatic heterocycles. The Kier molecular flexibility index (Phi) is 4.52. The summed E-state index contributed by atoms with van der Waals surface area (Å²) in [5.74, 6) is 0.631. The number of rotatable bonds is 3. The van der Waals surface area contributed by atoms with Crippen molar-refractivity contribution < 1.29 is 13.2 Å². The summed E-state index contributed by atoms with van der Waals surface area (Å²) in [6, 6.07) is -0.255. The molecule has 3 rings (SSSR count). The van der Waals surface area contributed by atoms with Crippen LogP contribution in [0.25, 0.3) is 0 Å². The van der Waals surface area contributed by atoms with E-state index >= 15 is 0 Å². The highest BCUT2D eigenvalue weighted by Crippen LogP contribution is 2.19. The zero-order chi connectivity index (χ0) is 16.4. The van der Waals surface area contributed by atoms with Gasteiger partial charge < -0.3 is 9.80 Å². The molecule has 0 aliphatic carbocycles. The van der Waals surface area contributed by atoms with Gasteiger partial charge in [-0.3, -0.25) is 4.79 Å². The predicted molar refractivity (Wildman–Crippen MR) is 87.2 cm³/mol. The topological polar surface area (TPSA) is 83.5 Å². The number of aromatic nitrogens is 2. The molecule has 0 aromatic carbocycles. The van der Waals surface area contributed by atoms with Gasteiger partial charge in [0.05, 0.1) is 17.1 Å². The first-order valence-electron chi connectivity index (χ1n) is 8.01. The fourth-order valence-corrected chi connectivity index (χ4v) is 4.91. The first-order valence-corrected chi connectivity index (χ1v) is 9.83. The number of carbonyl (C=O) groups is 1. The van der Waals surface area contributed by atoms with Crippen molar-refractivity contribution in [3.05, 3.63) is 18.0 Å². The summed E-state index contributed by atoms with van der Waals surface area (Å²) in [5.41, 5.74) is 0.401. The number of amides is 1. The molecule has 0 spiro atoms. The summed E-state index contributed by atoms with van der Waals surface area (Å²) in [5, 5.41) is 0. The highest BCUT2D eigenvalue weighted by Gasteiger charge is 2.33. The number of carbonyl (C=O) groups excluding carboxylic acids is 1. The molecule has 1 unspecified atom stereocenters. The molecule has 1 atom stereocenters. The normalized spacial score (nSPS) is 23.7. The number of hydrogen-bond acceptors (Lipinski definition) is 6. The van der Waals surface area contributed by atoms with E-state index in [1.165, 1.54) is 11.3 Å². The van der Waals surface area contributed by atoms with Crippen LogP contribution >= 0.6 is 0 Å². The fraction of sp³-hybridized carbons (Fsp3) is 0.667. The lowest BCUT2D eigenvalue weighted by Gasteiger charge is -2.27. The molecule has 1 amide bonds. The van der Waals surface area contributed by atoms with Crippen LogP contribution < -0.4 is 4.90 Å². The highest BCUT2D eigenvalue weighted by molar-refractivity contribution is 7.91. The predicted octanol–water partition coefficient (Wildman–Crippen LogP) is 0.726. The molecule has 2 fully saturated rings. The van der Waals surface area contributed by atoms with Crippen molar-refractivity contribution in [2.75, 3.05) is 36.5 Å². The van der Waals surface area contributed by atoms with Crippen LogP contribution in [-0.2, 0) is 9.84 Å². The lowest BCUT2D eigenvalue weighted by Crippen LogP contribution is -2.38. The molecule has 1 aromatic rings. The molecule has 0 N–H and O–H groups in total. The third-order valence-electron chi connectivity index (χ3n) is 4.60. The summed E-state index contributed by atoms with van der Waals surface area (Å²) in [6.45, 7) is 1.90. The maximum absolute atomic E-state index is 12.5. The summed E-state index contributed by atoms with van der Waals surface area (Å²) in [6.07, 6.45) is 7.10. The molecule has 23 heavy (non-hydrogen) atoms. The zero-order valence-electron chi connectivity index (χ0n) is 13.3. The van der Waals surface area contributed by atoms with E-state index in [2.05, 4.69) is 14.9 Å². The molecule has 1 aromatic heterocycles. The van der Waals surface area contributed by atoms with Gasteiger partial charge in [0.15, 0.2) is 9.84 Å². The van der Waals surface area contributed by atoms with Gasteiger partial charge in [-0.25, -0.2) is 18.4 Å². The van der Waals surface area contributed by atoms with E-state index in [-0.39, 0.29) is 23.5 Å². The van der Waals surface area contributed by atoms with Crippen LogP contribution in [0.2, 0.25) is 0 Å². The standard InChI is InChI=1S/C15H22N4O3S/c1-18(13-5-8-23(21,22)11-13)14(20)12-9-16-15(17-10-12)19-6-3-2-4-7-19/h9-10,13H,2-8,11H2,1H3. The molecular formula is C15H22N4O3S. The van der Waals surface area contributed by atoms with Crippen LogP contribution in [0.3, 0.4) is 0 Å². The van der Waals surface area contributed by atoms with E-state index in [1.54, 1.807) is 19.4 Å². The van der Waals surface area contributed by atoms with Gasteiger partial charge in [-0.15, -0.1) is 0 Å². The summed E-state index contributed by atoms with van der Waals surface area (Å²) in [7, 11) is -1.36. The summed E-state index contributed by atoms with van der Waals surface area (Å²) >= 11 is 0. The van der Waals surface area contributed by atoms with Gasteiger partial charge >= 0.3 is 0 Å². The molecule has 8 heteroatoms. The maximum atomic E-state index is 12.5. The number of anilines is 1. The maximum Gasteiger partial charge on any atom is 0.257 e. The number of sulfone groups is 1. The van der Waals surface area contributed by atoms with E-state index < -0.39 is 9.84 Å². The average molecular weight is 338 g/mol. The SMILES string of the molecule is CN(C(=O)c1cnc(N2CCCCC2)nc1)C1CCS(=O)(=O)C1. The average Bonchev–Trinajstić information content (AvgIpc) is 2.94. The fourth-order valence-electron chi connectivity index (χ4n) is 3.14. The number of piperidine rings is 1. The van der Waals surface area contributed by atoms with Gasteiger partial charge in [-0.05, 0) is 25.7 Å². The molecule has 0 radical (unpaired) electrons. The third kappa shape index (κ3) is 3.63. The van der Waals surface area contributed by atoms with Crippen LogP contribution in [0, 0.1) is 0 Å². The summed E-state index contributed by atoms with van der Waals surface area (Å²) in [4.78, 5) is 24.7. The Morgan fingerprint density at radius 3 is 2.43 bits per heavy atom. The van der Waals surface area contributed by atoms with Crippen LogP contribution in [-0.4, -0.2) is 66.9 Å². The van der Waals surface area contributed by atoms with Crippen LogP contribution in [0.15, 0.2) is 12.4 Å². The van der Waals surface area contributed by atoms with Gasteiger partial charge in [0.1, 0.15) is 0 Å². The minimum atomic E-state index is -3.01. The van der Waals surface area contributed by atoms with Crippen molar-refractivity contribution in [1.29, 1.82) is 0 Å². The Hall–Kier alpha value is -1.70. The van der Waals surface area contributed by atoms with Crippen molar-refractivity contribution >= 4 is 21.7 Å². The number of nitrogens with zero attached hydrogens (tertiary/aromatic N) is 4.